The fourth-order valence-electron chi connectivity index (χ4n) is 3.19. The predicted octanol–water partition coefficient (Wildman–Crippen LogP) is 5.24. The number of hydrogen-bond acceptors (Lipinski definition) is 4. The van der Waals surface area contributed by atoms with Crippen LogP contribution in [0.2, 0.25) is 0 Å². The van der Waals surface area contributed by atoms with Crippen LogP contribution < -0.4 is 5.32 Å². The summed E-state index contributed by atoms with van der Waals surface area (Å²) < 4.78 is 5.32. The Morgan fingerprint density at radius 2 is 1.69 bits per heavy atom. The molecule has 0 aliphatic heterocycles. The van der Waals surface area contributed by atoms with Crippen molar-refractivity contribution in [2.45, 2.75) is 39.2 Å². The largest absolute Gasteiger partial charge is 0.506 e. The molecule has 2 N–H and O–H groups in total. The topological polar surface area (TPSA) is 75.6 Å². The molecule has 29 heavy (non-hydrogen) atoms. The molecule has 2 atom stereocenters. The summed E-state index contributed by atoms with van der Waals surface area (Å²) in [7, 11) is 0. The van der Waals surface area contributed by atoms with Crippen LogP contribution in [-0.2, 0) is 9.53 Å². The molecule has 5 heteroatoms. The Morgan fingerprint density at radius 3 is 2.45 bits per heavy atom. The molecule has 0 bridgehead atoms. The summed E-state index contributed by atoms with van der Waals surface area (Å²) in [6.07, 6.45) is -0.0723. The molecule has 0 fully saturated rings. The molecule has 0 radical (unpaired) electrons. The van der Waals surface area contributed by atoms with E-state index < -0.39 is 18.0 Å². The molecule has 0 unspecified atom stereocenters. The van der Waals surface area contributed by atoms with Crippen LogP contribution >= 0.6 is 0 Å². The maximum Gasteiger partial charge on any atom is 0.342 e. The second kappa shape index (κ2) is 8.78. The quantitative estimate of drug-likeness (QED) is 0.563. The summed E-state index contributed by atoms with van der Waals surface area (Å²) in [5, 5.41) is 14.6. The summed E-state index contributed by atoms with van der Waals surface area (Å²) in [5.41, 5.74) is 1.78. The van der Waals surface area contributed by atoms with Gasteiger partial charge in [-0.2, -0.15) is 0 Å². The SMILES string of the molecule is CC[C@H](C)c1ccccc1NC(=O)[C@H](C)OC(=O)c1ccc2ccccc2c1O. The van der Waals surface area contributed by atoms with E-state index in [1.807, 2.05) is 36.4 Å². The van der Waals surface area contributed by atoms with Crippen LogP contribution in [0.1, 0.15) is 49.0 Å². The smallest absolute Gasteiger partial charge is 0.342 e. The van der Waals surface area contributed by atoms with Crippen molar-refractivity contribution in [1.29, 1.82) is 0 Å². The van der Waals surface area contributed by atoms with Crippen LogP contribution in [0.5, 0.6) is 5.75 Å². The molecule has 0 aliphatic rings. The normalized spacial score (nSPS) is 12.9. The lowest BCUT2D eigenvalue weighted by Gasteiger charge is -2.18. The standard InChI is InChI=1S/C24H25NO4/c1-4-15(2)18-10-7-8-12-21(18)25-23(27)16(3)29-24(28)20-14-13-17-9-5-6-11-19(17)22(20)26/h5-16,26H,4H2,1-3H3,(H,25,27)/t15-,16-/m0/s1. The summed E-state index contributed by atoms with van der Waals surface area (Å²) in [4.78, 5) is 25.1. The first-order valence-electron chi connectivity index (χ1n) is 9.73. The van der Waals surface area contributed by atoms with Gasteiger partial charge in [-0.05, 0) is 42.3 Å². The third-order valence-electron chi connectivity index (χ3n) is 5.14. The second-order valence-corrected chi connectivity index (χ2v) is 7.12. The highest BCUT2D eigenvalue weighted by Gasteiger charge is 2.23. The van der Waals surface area contributed by atoms with E-state index in [9.17, 15) is 14.7 Å². The minimum Gasteiger partial charge on any atom is -0.506 e. The van der Waals surface area contributed by atoms with Crippen molar-refractivity contribution in [3.05, 3.63) is 71.8 Å². The van der Waals surface area contributed by atoms with Gasteiger partial charge in [0.25, 0.3) is 5.91 Å². The van der Waals surface area contributed by atoms with Gasteiger partial charge in [-0.15, -0.1) is 0 Å². The third kappa shape index (κ3) is 4.40. The summed E-state index contributed by atoms with van der Waals surface area (Å²) in [5.74, 6) is -1.03. The molecule has 3 aromatic rings. The van der Waals surface area contributed by atoms with E-state index in [2.05, 4.69) is 19.2 Å². The second-order valence-electron chi connectivity index (χ2n) is 7.12. The number of ether oxygens (including phenoxy) is 1. The van der Waals surface area contributed by atoms with Crippen LogP contribution in [0.3, 0.4) is 0 Å². The van der Waals surface area contributed by atoms with E-state index in [-0.39, 0.29) is 11.3 Å². The van der Waals surface area contributed by atoms with Gasteiger partial charge in [-0.3, -0.25) is 4.79 Å². The highest BCUT2D eigenvalue weighted by molar-refractivity contribution is 6.03. The summed E-state index contributed by atoms with van der Waals surface area (Å²) >= 11 is 0. The van der Waals surface area contributed by atoms with Crippen LogP contribution in [0.25, 0.3) is 10.8 Å². The number of anilines is 1. The van der Waals surface area contributed by atoms with Gasteiger partial charge in [0.05, 0.1) is 0 Å². The van der Waals surface area contributed by atoms with Crippen molar-refractivity contribution in [2.75, 3.05) is 5.32 Å². The number of fused-ring (bicyclic) bond motifs is 1. The Hall–Kier alpha value is -3.34. The Balaban J connectivity index is 1.74. The molecule has 0 heterocycles. The van der Waals surface area contributed by atoms with E-state index in [1.165, 1.54) is 13.0 Å². The van der Waals surface area contributed by atoms with E-state index in [1.54, 1.807) is 18.2 Å². The molecular formula is C24H25NO4. The zero-order valence-electron chi connectivity index (χ0n) is 16.8. The molecular weight excluding hydrogens is 366 g/mol. The molecule has 0 spiro atoms. The number of hydrogen-bond donors (Lipinski definition) is 2. The van der Waals surface area contributed by atoms with Gasteiger partial charge in [0, 0.05) is 11.1 Å². The number of phenolic OH excluding ortho intramolecular Hbond substituents is 1. The Bertz CT molecular complexity index is 1040. The minimum absolute atomic E-state index is 0.0309. The maximum atomic E-state index is 12.6. The molecule has 0 aromatic heterocycles. The molecule has 150 valence electrons. The maximum absolute atomic E-state index is 12.6. The van der Waals surface area contributed by atoms with Crippen molar-refractivity contribution >= 4 is 28.3 Å². The fourth-order valence-corrected chi connectivity index (χ4v) is 3.19. The van der Waals surface area contributed by atoms with Gasteiger partial charge >= 0.3 is 5.97 Å². The number of phenols is 1. The number of aromatic hydroxyl groups is 1. The monoisotopic (exact) mass is 391 g/mol. The first-order valence-corrected chi connectivity index (χ1v) is 9.73. The van der Waals surface area contributed by atoms with Crippen molar-refractivity contribution in [1.82, 2.24) is 0 Å². The lowest BCUT2D eigenvalue weighted by Crippen LogP contribution is -2.30. The number of carbonyl (C=O) groups is 2. The Kier molecular flexibility index (Phi) is 6.17. The number of amides is 1. The molecule has 0 aliphatic carbocycles. The highest BCUT2D eigenvalue weighted by Crippen LogP contribution is 2.30. The van der Waals surface area contributed by atoms with Gasteiger partial charge in [-0.25, -0.2) is 4.79 Å². The minimum atomic E-state index is -1.02. The van der Waals surface area contributed by atoms with Gasteiger partial charge in [0.1, 0.15) is 11.3 Å². The van der Waals surface area contributed by atoms with Crippen molar-refractivity contribution in [3.63, 3.8) is 0 Å². The van der Waals surface area contributed by atoms with Crippen molar-refractivity contribution < 1.29 is 19.4 Å². The lowest BCUT2D eigenvalue weighted by atomic mass is 9.97. The Labute approximate surface area is 170 Å². The number of nitrogens with one attached hydrogen (secondary N) is 1. The van der Waals surface area contributed by atoms with Crippen molar-refractivity contribution in [2.24, 2.45) is 0 Å². The van der Waals surface area contributed by atoms with E-state index in [4.69, 9.17) is 4.74 Å². The number of benzene rings is 3. The van der Waals surface area contributed by atoms with E-state index in [0.29, 0.717) is 17.0 Å². The molecule has 0 saturated carbocycles. The lowest BCUT2D eigenvalue weighted by molar-refractivity contribution is -0.123. The number of carbonyl (C=O) groups excluding carboxylic acids is 2. The summed E-state index contributed by atoms with van der Waals surface area (Å²) in [6, 6.07) is 18.0. The molecule has 3 aromatic carbocycles. The van der Waals surface area contributed by atoms with Gasteiger partial charge in [0.15, 0.2) is 6.10 Å². The molecule has 1 amide bonds. The highest BCUT2D eigenvalue weighted by atomic mass is 16.5. The summed E-state index contributed by atoms with van der Waals surface area (Å²) in [6.45, 7) is 5.69. The van der Waals surface area contributed by atoms with Crippen molar-refractivity contribution in [3.8, 4) is 5.75 Å². The molecule has 0 saturated heterocycles. The third-order valence-corrected chi connectivity index (χ3v) is 5.14. The van der Waals surface area contributed by atoms with Crippen LogP contribution in [-0.4, -0.2) is 23.1 Å². The number of rotatable bonds is 6. The number of esters is 1. The van der Waals surface area contributed by atoms with E-state index in [0.717, 1.165) is 17.4 Å². The number of para-hydroxylation sites is 1. The predicted molar refractivity (Wildman–Crippen MR) is 114 cm³/mol. The van der Waals surface area contributed by atoms with Gasteiger partial charge in [0.2, 0.25) is 0 Å². The van der Waals surface area contributed by atoms with Gasteiger partial charge in [-0.1, -0.05) is 62.4 Å². The van der Waals surface area contributed by atoms with E-state index >= 15 is 0 Å². The van der Waals surface area contributed by atoms with Crippen LogP contribution in [0, 0.1) is 0 Å². The van der Waals surface area contributed by atoms with Crippen LogP contribution in [0.4, 0.5) is 5.69 Å². The zero-order chi connectivity index (χ0) is 21.0. The average Bonchev–Trinajstić information content (AvgIpc) is 2.73. The fraction of sp³-hybridized carbons (Fsp3) is 0.250. The average molecular weight is 391 g/mol. The molecule has 3 rings (SSSR count). The Morgan fingerprint density at radius 1 is 1.00 bits per heavy atom. The zero-order valence-corrected chi connectivity index (χ0v) is 16.8. The molecule has 5 nitrogen and oxygen atoms in total. The first kappa shape index (κ1) is 20.4. The first-order chi connectivity index (χ1) is 13.9. The van der Waals surface area contributed by atoms with Crippen LogP contribution in [0.15, 0.2) is 60.7 Å². The van der Waals surface area contributed by atoms with Gasteiger partial charge < -0.3 is 15.2 Å².